The monoisotopic (exact) mass is 356 g/mol. The van der Waals surface area contributed by atoms with Gasteiger partial charge in [0.1, 0.15) is 0 Å². The Morgan fingerprint density at radius 3 is 2.28 bits per heavy atom. The summed E-state index contributed by atoms with van der Waals surface area (Å²) in [7, 11) is 0. The second kappa shape index (κ2) is 8.17. The summed E-state index contributed by atoms with van der Waals surface area (Å²) in [5.41, 5.74) is 1.75. The maximum atomic E-state index is 12.4. The average Bonchev–Trinajstić information content (AvgIpc) is 2.66. The molecule has 5 heteroatoms. The molecule has 25 heavy (non-hydrogen) atoms. The highest BCUT2D eigenvalue weighted by atomic mass is 35.5. The van der Waals surface area contributed by atoms with Crippen molar-refractivity contribution in [1.29, 1.82) is 0 Å². The molecule has 130 valence electrons. The molecule has 3 rings (SSSR count). The predicted molar refractivity (Wildman–Crippen MR) is 100 cm³/mol. The van der Waals surface area contributed by atoms with Crippen molar-refractivity contribution in [2.45, 2.75) is 12.8 Å². The normalized spacial score (nSPS) is 14.4. The van der Waals surface area contributed by atoms with Crippen molar-refractivity contribution in [3.8, 4) is 0 Å². The topological polar surface area (TPSA) is 40.6 Å². The largest absolute Gasteiger partial charge is 0.368 e. The van der Waals surface area contributed by atoms with Crippen molar-refractivity contribution in [2.24, 2.45) is 0 Å². The fourth-order valence-corrected chi connectivity index (χ4v) is 3.22. The van der Waals surface area contributed by atoms with Crippen LogP contribution in [-0.4, -0.2) is 42.8 Å². The van der Waals surface area contributed by atoms with Crippen LogP contribution < -0.4 is 4.90 Å². The molecule has 1 aliphatic heterocycles. The van der Waals surface area contributed by atoms with Crippen molar-refractivity contribution >= 4 is 29.0 Å². The Balaban J connectivity index is 1.48. The first kappa shape index (κ1) is 17.5. The second-order valence-corrected chi connectivity index (χ2v) is 6.57. The van der Waals surface area contributed by atoms with Gasteiger partial charge in [-0.1, -0.05) is 48.0 Å². The average molecular weight is 357 g/mol. The summed E-state index contributed by atoms with van der Waals surface area (Å²) in [4.78, 5) is 28.5. The fraction of sp³-hybridized carbons (Fsp3) is 0.300. The molecule has 0 unspecified atom stereocenters. The summed E-state index contributed by atoms with van der Waals surface area (Å²) in [5.74, 6) is 0.0709. The summed E-state index contributed by atoms with van der Waals surface area (Å²) in [5, 5.41) is 0.718. The van der Waals surface area contributed by atoms with Crippen LogP contribution in [-0.2, 0) is 4.79 Å². The number of rotatable bonds is 5. The van der Waals surface area contributed by atoms with E-state index in [1.54, 1.807) is 12.1 Å². The number of nitrogens with zero attached hydrogens (tertiary/aromatic N) is 2. The van der Waals surface area contributed by atoms with E-state index in [2.05, 4.69) is 4.90 Å². The summed E-state index contributed by atoms with van der Waals surface area (Å²) >= 11 is 6.04. The standard InChI is InChI=1S/C20H21ClN2O2/c21-17-7-4-8-18(15-17)22-11-13-23(14-12-22)20(25)10-9-19(24)16-5-2-1-3-6-16/h1-8,15H,9-14H2. The highest BCUT2D eigenvalue weighted by Crippen LogP contribution is 2.21. The van der Waals surface area contributed by atoms with Crippen LogP contribution in [0, 0.1) is 0 Å². The van der Waals surface area contributed by atoms with E-state index in [1.165, 1.54) is 0 Å². The van der Waals surface area contributed by atoms with Gasteiger partial charge in [0.2, 0.25) is 5.91 Å². The quantitative estimate of drug-likeness (QED) is 0.768. The summed E-state index contributed by atoms with van der Waals surface area (Å²) < 4.78 is 0. The number of Topliss-reactive ketones (excluding diaryl/α,β-unsaturated/α-hetero) is 1. The van der Waals surface area contributed by atoms with Crippen molar-refractivity contribution < 1.29 is 9.59 Å². The molecule has 4 nitrogen and oxygen atoms in total. The molecule has 1 saturated heterocycles. The Bertz CT molecular complexity index is 740. The molecule has 2 aromatic carbocycles. The lowest BCUT2D eigenvalue weighted by molar-refractivity contribution is -0.131. The molecule has 0 spiro atoms. The molecule has 0 saturated carbocycles. The number of ketones is 1. The molecule has 0 radical (unpaired) electrons. The number of hydrogen-bond acceptors (Lipinski definition) is 3. The van der Waals surface area contributed by atoms with Gasteiger partial charge in [-0.3, -0.25) is 9.59 Å². The van der Waals surface area contributed by atoms with Crippen LogP contribution >= 0.6 is 11.6 Å². The molecule has 1 amide bonds. The molecular formula is C20H21ClN2O2. The summed E-state index contributed by atoms with van der Waals surface area (Å²) in [6, 6.07) is 16.9. The van der Waals surface area contributed by atoms with E-state index in [4.69, 9.17) is 11.6 Å². The fourth-order valence-electron chi connectivity index (χ4n) is 3.03. The zero-order chi connectivity index (χ0) is 17.6. The molecule has 0 aromatic heterocycles. The summed E-state index contributed by atoms with van der Waals surface area (Å²) in [6.07, 6.45) is 0.530. The van der Waals surface area contributed by atoms with Gasteiger partial charge in [-0.15, -0.1) is 0 Å². The molecule has 0 atom stereocenters. The van der Waals surface area contributed by atoms with Gasteiger partial charge in [-0.25, -0.2) is 0 Å². The number of carbonyl (C=O) groups excluding carboxylic acids is 2. The minimum absolute atomic E-state index is 0.0199. The predicted octanol–water partition coefficient (Wildman–Crippen LogP) is 3.65. The van der Waals surface area contributed by atoms with Gasteiger partial charge in [0, 0.05) is 55.3 Å². The Morgan fingerprint density at radius 2 is 1.60 bits per heavy atom. The zero-order valence-corrected chi connectivity index (χ0v) is 14.8. The first-order chi connectivity index (χ1) is 12.1. The summed E-state index contributed by atoms with van der Waals surface area (Å²) in [6.45, 7) is 2.90. The Morgan fingerprint density at radius 1 is 0.880 bits per heavy atom. The Hall–Kier alpha value is -2.33. The van der Waals surface area contributed by atoms with Gasteiger partial charge in [0.25, 0.3) is 0 Å². The van der Waals surface area contributed by atoms with Crippen LogP contribution in [0.5, 0.6) is 0 Å². The minimum Gasteiger partial charge on any atom is -0.368 e. The van der Waals surface area contributed by atoms with Gasteiger partial charge >= 0.3 is 0 Å². The molecule has 0 N–H and O–H groups in total. The van der Waals surface area contributed by atoms with Crippen molar-refractivity contribution in [3.63, 3.8) is 0 Å². The van der Waals surface area contributed by atoms with Gasteiger partial charge < -0.3 is 9.80 Å². The first-order valence-electron chi connectivity index (χ1n) is 8.50. The van der Waals surface area contributed by atoms with Crippen LogP contribution in [0.3, 0.4) is 0 Å². The van der Waals surface area contributed by atoms with Crippen LogP contribution in [0.15, 0.2) is 54.6 Å². The lowest BCUT2D eigenvalue weighted by Crippen LogP contribution is -2.48. The minimum atomic E-state index is 0.0199. The van der Waals surface area contributed by atoms with E-state index in [-0.39, 0.29) is 24.5 Å². The van der Waals surface area contributed by atoms with Crippen molar-refractivity contribution in [3.05, 3.63) is 65.2 Å². The maximum Gasteiger partial charge on any atom is 0.223 e. The highest BCUT2D eigenvalue weighted by molar-refractivity contribution is 6.30. The lowest BCUT2D eigenvalue weighted by Gasteiger charge is -2.36. The number of hydrogen-bond donors (Lipinski definition) is 0. The lowest BCUT2D eigenvalue weighted by atomic mass is 10.1. The SMILES string of the molecule is O=C(CCC(=O)N1CCN(c2cccc(Cl)c2)CC1)c1ccccc1. The number of benzene rings is 2. The van der Waals surface area contributed by atoms with Gasteiger partial charge in [-0.05, 0) is 18.2 Å². The van der Waals surface area contributed by atoms with Crippen LogP contribution in [0.25, 0.3) is 0 Å². The molecule has 1 fully saturated rings. The van der Waals surface area contributed by atoms with E-state index in [9.17, 15) is 9.59 Å². The molecule has 0 aliphatic carbocycles. The zero-order valence-electron chi connectivity index (χ0n) is 14.0. The van der Waals surface area contributed by atoms with Crippen LogP contribution in [0.2, 0.25) is 5.02 Å². The number of halogens is 1. The van der Waals surface area contributed by atoms with Gasteiger partial charge in [-0.2, -0.15) is 0 Å². The van der Waals surface area contributed by atoms with Crippen LogP contribution in [0.4, 0.5) is 5.69 Å². The number of carbonyl (C=O) groups is 2. The van der Waals surface area contributed by atoms with Gasteiger partial charge in [0.05, 0.1) is 0 Å². The third-order valence-electron chi connectivity index (χ3n) is 4.47. The number of amides is 1. The molecular weight excluding hydrogens is 336 g/mol. The van der Waals surface area contributed by atoms with E-state index in [1.807, 2.05) is 47.4 Å². The van der Waals surface area contributed by atoms with Crippen molar-refractivity contribution in [2.75, 3.05) is 31.1 Å². The molecule has 0 bridgehead atoms. The molecule has 1 aliphatic rings. The number of anilines is 1. The van der Waals surface area contributed by atoms with Crippen molar-refractivity contribution in [1.82, 2.24) is 4.90 Å². The van der Waals surface area contributed by atoms with E-state index >= 15 is 0 Å². The van der Waals surface area contributed by atoms with E-state index in [0.717, 1.165) is 23.8 Å². The highest BCUT2D eigenvalue weighted by Gasteiger charge is 2.22. The molecule has 2 aromatic rings. The van der Waals surface area contributed by atoms with E-state index < -0.39 is 0 Å². The molecule has 1 heterocycles. The second-order valence-electron chi connectivity index (χ2n) is 6.14. The third kappa shape index (κ3) is 4.60. The van der Waals surface area contributed by atoms with E-state index in [0.29, 0.717) is 18.7 Å². The Kier molecular flexibility index (Phi) is 5.71. The maximum absolute atomic E-state index is 12.4. The van der Waals surface area contributed by atoms with Gasteiger partial charge in [0.15, 0.2) is 5.78 Å². The first-order valence-corrected chi connectivity index (χ1v) is 8.88. The van der Waals surface area contributed by atoms with Crippen LogP contribution in [0.1, 0.15) is 23.2 Å². The number of piperazine rings is 1. The third-order valence-corrected chi connectivity index (χ3v) is 4.70. The Labute approximate surface area is 153 Å². The smallest absolute Gasteiger partial charge is 0.223 e.